The molecule has 15 heteroatoms. The number of hydrogen-bond donors (Lipinski definition) is 5. The Morgan fingerprint density at radius 3 is 2.55 bits per heavy atom. The molecule has 0 saturated carbocycles. The lowest BCUT2D eigenvalue weighted by molar-refractivity contribution is -0.140. The van der Waals surface area contributed by atoms with Gasteiger partial charge in [-0.15, -0.1) is 11.3 Å². The number of carbonyl (C=O) groups excluding carboxylic acids is 2. The minimum atomic E-state index is -4.66. The van der Waals surface area contributed by atoms with Gasteiger partial charge in [-0.3, -0.25) is 14.9 Å². The molecule has 3 heterocycles. The number of nitrogens with one attached hydrogen (secondary N) is 3. The SMILES string of the molecule is CCNC(=O)Nc1cc(-c2nc(C(F)(F)F)cs2)c(-c2ccc3c(=O)c(C(=O)NCCCO)cn(CCO)c3c2)cn1. The van der Waals surface area contributed by atoms with Crippen molar-refractivity contribution in [1.82, 2.24) is 25.2 Å². The molecule has 3 aromatic heterocycles. The lowest BCUT2D eigenvalue weighted by Crippen LogP contribution is -2.31. The van der Waals surface area contributed by atoms with E-state index in [2.05, 4.69) is 25.9 Å². The van der Waals surface area contributed by atoms with E-state index in [1.807, 2.05) is 0 Å². The summed E-state index contributed by atoms with van der Waals surface area (Å²) in [6, 6.07) is 5.52. The summed E-state index contributed by atoms with van der Waals surface area (Å²) >= 11 is 0.771. The zero-order valence-electron chi connectivity index (χ0n) is 22.3. The number of urea groups is 1. The highest BCUT2D eigenvalue weighted by Gasteiger charge is 2.34. The Hall–Kier alpha value is -4.34. The van der Waals surface area contributed by atoms with Crippen molar-refractivity contribution >= 4 is 40.0 Å². The monoisotopic (exact) mass is 604 g/mol. The molecule has 0 radical (unpaired) electrons. The average molecular weight is 605 g/mol. The van der Waals surface area contributed by atoms with Crippen LogP contribution in [-0.2, 0) is 12.7 Å². The standard InChI is InChI=1S/C27H27F3N6O5S/c1-2-31-26(41)35-22-11-17(25-34-21(14-42-25)27(28,29)30)18(12-33-22)15-4-5-16-20(10-15)36(7-9-38)13-19(23(16)39)24(40)32-6-3-8-37/h4-5,10-14,37-38H,2-3,6-9H2,1H3,(H,32,40)(H2,31,33,35,41). The van der Waals surface area contributed by atoms with E-state index in [0.717, 1.165) is 16.7 Å². The number of pyridine rings is 2. The molecule has 0 atom stereocenters. The number of rotatable bonds is 10. The van der Waals surface area contributed by atoms with E-state index in [1.165, 1.54) is 29.1 Å². The summed E-state index contributed by atoms with van der Waals surface area (Å²) in [6.07, 6.45) is -1.64. The third kappa shape index (κ3) is 6.75. The molecule has 1 aromatic carbocycles. The largest absolute Gasteiger partial charge is 0.434 e. The maximum Gasteiger partial charge on any atom is 0.434 e. The summed E-state index contributed by atoms with van der Waals surface area (Å²) in [5.74, 6) is -0.546. The van der Waals surface area contributed by atoms with E-state index in [-0.39, 0.29) is 53.6 Å². The van der Waals surface area contributed by atoms with E-state index < -0.39 is 29.2 Å². The van der Waals surface area contributed by atoms with Gasteiger partial charge < -0.3 is 25.4 Å². The van der Waals surface area contributed by atoms with E-state index >= 15 is 0 Å². The molecule has 0 aliphatic rings. The molecule has 0 saturated heterocycles. The minimum absolute atomic E-state index is 0.0291. The van der Waals surface area contributed by atoms with Crippen LogP contribution in [0.4, 0.5) is 23.8 Å². The molecule has 0 bridgehead atoms. The number of thiazole rings is 1. The normalized spacial score (nSPS) is 11.5. The number of alkyl halides is 3. The molecule has 0 aliphatic heterocycles. The molecule has 222 valence electrons. The maximum atomic E-state index is 13.4. The fourth-order valence-corrected chi connectivity index (χ4v) is 5.02. The van der Waals surface area contributed by atoms with Gasteiger partial charge in [0.25, 0.3) is 5.91 Å². The van der Waals surface area contributed by atoms with Gasteiger partial charge in [-0.05, 0) is 37.1 Å². The number of aromatic nitrogens is 3. The van der Waals surface area contributed by atoms with E-state index in [0.29, 0.717) is 29.6 Å². The Morgan fingerprint density at radius 2 is 1.88 bits per heavy atom. The van der Waals surface area contributed by atoms with E-state index in [1.54, 1.807) is 19.1 Å². The fraction of sp³-hybridized carbons (Fsp3) is 0.296. The number of aliphatic hydroxyl groups is 2. The molecule has 11 nitrogen and oxygen atoms in total. The van der Waals surface area contributed by atoms with Gasteiger partial charge in [0.15, 0.2) is 5.69 Å². The van der Waals surface area contributed by atoms with Crippen LogP contribution in [0.2, 0.25) is 0 Å². The molecule has 0 unspecified atom stereocenters. The number of anilines is 1. The van der Waals surface area contributed by atoms with Gasteiger partial charge in [-0.25, -0.2) is 14.8 Å². The number of halogens is 3. The zero-order valence-corrected chi connectivity index (χ0v) is 23.1. The third-order valence-corrected chi connectivity index (χ3v) is 6.98. The van der Waals surface area contributed by atoms with Crippen LogP contribution >= 0.6 is 11.3 Å². The molecule has 0 aliphatic carbocycles. The number of amides is 3. The Bertz CT molecular complexity index is 1670. The van der Waals surface area contributed by atoms with Gasteiger partial charge in [-0.2, -0.15) is 13.2 Å². The lowest BCUT2D eigenvalue weighted by atomic mass is 9.99. The lowest BCUT2D eigenvalue weighted by Gasteiger charge is -2.15. The summed E-state index contributed by atoms with van der Waals surface area (Å²) < 4.78 is 41.6. The average Bonchev–Trinajstić information content (AvgIpc) is 3.46. The maximum absolute atomic E-state index is 13.4. The molecule has 42 heavy (non-hydrogen) atoms. The first-order valence-electron chi connectivity index (χ1n) is 12.8. The van der Waals surface area contributed by atoms with Gasteiger partial charge in [0.05, 0.1) is 12.1 Å². The van der Waals surface area contributed by atoms with Gasteiger partial charge in [0.2, 0.25) is 5.43 Å². The van der Waals surface area contributed by atoms with Crippen LogP contribution in [-0.4, -0.2) is 63.0 Å². The predicted octanol–water partition coefficient (Wildman–Crippen LogP) is 3.45. The number of carbonyl (C=O) groups is 2. The third-order valence-electron chi connectivity index (χ3n) is 6.11. The fourth-order valence-electron chi connectivity index (χ4n) is 4.17. The van der Waals surface area contributed by atoms with Gasteiger partial charge >= 0.3 is 12.2 Å². The number of nitrogens with zero attached hydrogens (tertiary/aromatic N) is 3. The summed E-state index contributed by atoms with van der Waals surface area (Å²) in [5, 5.41) is 27.4. The predicted molar refractivity (Wildman–Crippen MR) is 151 cm³/mol. The summed E-state index contributed by atoms with van der Waals surface area (Å²) in [6.45, 7) is 1.84. The van der Waals surface area contributed by atoms with Crippen molar-refractivity contribution in [3.05, 3.63) is 63.5 Å². The molecular weight excluding hydrogens is 577 g/mol. The van der Waals surface area contributed by atoms with Crippen LogP contribution in [0.1, 0.15) is 29.4 Å². The highest BCUT2D eigenvalue weighted by molar-refractivity contribution is 7.13. The first-order valence-corrected chi connectivity index (χ1v) is 13.7. The topological polar surface area (TPSA) is 158 Å². The Morgan fingerprint density at radius 1 is 1.10 bits per heavy atom. The summed E-state index contributed by atoms with van der Waals surface area (Å²) in [5.41, 5.74) is -0.311. The van der Waals surface area contributed by atoms with Crippen LogP contribution in [0.3, 0.4) is 0 Å². The van der Waals surface area contributed by atoms with E-state index in [9.17, 15) is 32.7 Å². The van der Waals surface area contributed by atoms with Crippen molar-refractivity contribution in [2.45, 2.75) is 26.1 Å². The Kier molecular flexibility index (Phi) is 9.55. The quantitative estimate of drug-likeness (QED) is 0.174. The molecule has 5 N–H and O–H groups in total. The second-order valence-electron chi connectivity index (χ2n) is 8.99. The smallest absolute Gasteiger partial charge is 0.396 e. The molecule has 0 spiro atoms. The molecule has 3 amide bonds. The van der Waals surface area contributed by atoms with Crippen molar-refractivity contribution in [3.8, 4) is 21.7 Å². The molecular formula is C27H27F3N6O5S. The van der Waals surface area contributed by atoms with Gasteiger partial charge in [0, 0.05) is 60.5 Å². The second-order valence-corrected chi connectivity index (χ2v) is 9.85. The Balaban J connectivity index is 1.86. The molecule has 4 rings (SSSR count). The van der Waals surface area contributed by atoms with Gasteiger partial charge in [-0.1, -0.05) is 6.07 Å². The first-order chi connectivity index (χ1) is 20.1. The van der Waals surface area contributed by atoms with Gasteiger partial charge in [0.1, 0.15) is 16.4 Å². The summed E-state index contributed by atoms with van der Waals surface area (Å²) in [4.78, 5) is 46.0. The number of aliphatic hydroxyl groups excluding tert-OH is 2. The number of hydrogen-bond acceptors (Lipinski definition) is 8. The highest BCUT2D eigenvalue weighted by Crippen LogP contribution is 2.39. The number of benzene rings is 1. The minimum Gasteiger partial charge on any atom is -0.396 e. The van der Waals surface area contributed by atoms with Crippen LogP contribution in [0.25, 0.3) is 32.6 Å². The Labute approximate surface area is 241 Å². The van der Waals surface area contributed by atoms with Crippen molar-refractivity contribution in [1.29, 1.82) is 0 Å². The summed E-state index contributed by atoms with van der Waals surface area (Å²) in [7, 11) is 0. The zero-order chi connectivity index (χ0) is 30.4. The van der Waals surface area contributed by atoms with Crippen LogP contribution in [0.15, 0.2) is 46.8 Å². The van der Waals surface area contributed by atoms with Crippen molar-refractivity contribution in [2.24, 2.45) is 0 Å². The van der Waals surface area contributed by atoms with Crippen LogP contribution in [0.5, 0.6) is 0 Å². The number of fused-ring (bicyclic) bond motifs is 1. The van der Waals surface area contributed by atoms with Crippen LogP contribution in [0, 0.1) is 0 Å². The van der Waals surface area contributed by atoms with E-state index in [4.69, 9.17) is 5.11 Å². The molecule has 4 aromatic rings. The van der Waals surface area contributed by atoms with Crippen molar-refractivity contribution in [3.63, 3.8) is 0 Å². The first kappa shape index (κ1) is 30.6. The van der Waals surface area contributed by atoms with Crippen molar-refractivity contribution in [2.75, 3.05) is 31.6 Å². The van der Waals surface area contributed by atoms with Crippen molar-refractivity contribution < 1.29 is 33.0 Å². The second kappa shape index (κ2) is 13.1. The van der Waals surface area contributed by atoms with Crippen LogP contribution < -0.4 is 21.4 Å². The highest BCUT2D eigenvalue weighted by atomic mass is 32.1. The molecule has 0 fully saturated rings.